The molecular weight excluding hydrogens is 264 g/mol. The fraction of sp³-hybridized carbons (Fsp3) is 0.286. The minimum absolute atomic E-state index is 0.0774. The Balaban J connectivity index is 2.69. The van der Waals surface area contributed by atoms with Crippen LogP contribution in [0.3, 0.4) is 0 Å². The number of benzene rings is 1. The number of aryl methyl sites for hydroxylation is 1. The highest BCUT2D eigenvalue weighted by Crippen LogP contribution is 2.30. The lowest BCUT2D eigenvalue weighted by atomic mass is 10.1. The second kappa shape index (κ2) is 5.05. The number of aromatic carboxylic acids is 1. The highest BCUT2D eigenvalue weighted by molar-refractivity contribution is 6.34. The summed E-state index contributed by atoms with van der Waals surface area (Å²) < 4.78 is 1.61. The molecule has 1 aromatic carbocycles. The lowest BCUT2D eigenvalue weighted by Gasteiger charge is -2.11. The van der Waals surface area contributed by atoms with Crippen molar-refractivity contribution in [3.8, 4) is 5.69 Å². The van der Waals surface area contributed by atoms with E-state index in [4.69, 9.17) is 16.7 Å². The molecule has 5 heteroatoms. The van der Waals surface area contributed by atoms with Crippen LogP contribution in [-0.2, 0) is 0 Å². The van der Waals surface area contributed by atoms with Crippen LogP contribution in [0, 0.1) is 6.92 Å². The van der Waals surface area contributed by atoms with Crippen LogP contribution >= 0.6 is 11.6 Å². The van der Waals surface area contributed by atoms with Crippen molar-refractivity contribution in [3.05, 3.63) is 46.2 Å². The molecule has 0 unspecified atom stereocenters. The Kier molecular flexibility index (Phi) is 3.62. The number of carboxylic acids is 1. The van der Waals surface area contributed by atoms with E-state index in [-0.39, 0.29) is 16.6 Å². The Morgan fingerprint density at radius 3 is 2.63 bits per heavy atom. The molecule has 0 bridgehead atoms. The molecule has 0 saturated carbocycles. The lowest BCUT2D eigenvalue weighted by molar-refractivity contribution is 0.0690. The molecule has 1 heterocycles. The Morgan fingerprint density at radius 1 is 1.42 bits per heavy atom. The largest absolute Gasteiger partial charge is 0.476 e. The van der Waals surface area contributed by atoms with Crippen molar-refractivity contribution < 1.29 is 9.90 Å². The number of rotatable bonds is 3. The minimum Gasteiger partial charge on any atom is -0.476 e. The van der Waals surface area contributed by atoms with Crippen LogP contribution < -0.4 is 0 Å². The Labute approximate surface area is 116 Å². The van der Waals surface area contributed by atoms with E-state index in [0.29, 0.717) is 5.69 Å². The molecule has 2 aromatic rings. The van der Waals surface area contributed by atoms with E-state index in [1.807, 2.05) is 45.0 Å². The topological polar surface area (TPSA) is 55.1 Å². The van der Waals surface area contributed by atoms with Gasteiger partial charge < -0.3 is 5.11 Å². The molecular formula is C14H15ClN2O2. The molecule has 0 atom stereocenters. The normalized spacial score (nSPS) is 11.0. The Morgan fingerprint density at radius 2 is 2.11 bits per heavy atom. The zero-order valence-electron chi connectivity index (χ0n) is 11.0. The second-order valence-electron chi connectivity index (χ2n) is 4.76. The lowest BCUT2D eigenvalue weighted by Crippen LogP contribution is -2.05. The maximum absolute atomic E-state index is 11.1. The van der Waals surface area contributed by atoms with E-state index in [2.05, 4.69) is 5.10 Å². The summed E-state index contributed by atoms with van der Waals surface area (Å²) in [6, 6.07) is 7.71. The summed E-state index contributed by atoms with van der Waals surface area (Å²) in [6.45, 7) is 5.89. The molecule has 0 radical (unpaired) electrons. The van der Waals surface area contributed by atoms with Gasteiger partial charge in [-0.1, -0.05) is 37.6 Å². The summed E-state index contributed by atoms with van der Waals surface area (Å²) in [5, 5.41) is 13.5. The molecule has 1 aromatic heterocycles. The highest BCUT2D eigenvalue weighted by atomic mass is 35.5. The monoisotopic (exact) mass is 278 g/mol. The zero-order valence-corrected chi connectivity index (χ0v) is 11.8. The third-order valence-electron chi connectivity index (χ3n) is 2.86. The molecule has 0 aliphatic carbocycles. The van der Waals surface area contributed by atoms with Crippen LogP contribution in [0.1, 0.15) is 41.5 Å². The highest BCUT2D eigenvalue weighted by Gasteiger charge is 2.23. The Bertz CT molecular complexity index is 632. The third-order valence-corrected chi connectivity index (χ3v) is 3.23. The van der Waals surface area contributed by atoms with Gasteiger partial charge in [0.25, 0.3) is 0 Å². The van der Waals surface area contributed by atoms with Gasteiger partial charge in [-0.25, -0.2) is 9.48 Å². The van der Waals surface area contributed by atoms with Crippen molar-refractivity contribution in [1.29, 1.82) is 0 Å². The molecule has 0 amide bonds. The van der Waals surface area contributed by atoms with Crippen molar-refractivity contribution in [3.63, 3.8) is 0 Å². The number of aromatic nitrogens is 2. The molecule has 2 rings (SSSR count). The van der Waals surface area contributed by atoms with Gasteiger partial charge in [-0.3, -0.25) is 0 Å². The van der Waals surface area contributed by atoms with Crippen molar-refractivity contribution in [2.45, 2.75) is 26.7 Å². The van der Waals surface area contributed by atoms with Gasteiger partial charge in [-0.15, -0.1) is 0 Å². The van der Waals surface area contributed by atoms with Gasteiger partial charge in [0.05, 0.1) is 16.4 Å². The third kappa shape index (κ3) is 2.49. The number of halogens is 1. The first kappa shape index (κ1) is 13.6. The van der Waals surface area contributed by atoms with Gasteiger partial charge in [0, 0.05) is 0 Å². The summed E-state index contributed by atoms with van der Waals surface area (Å²) in [6.07, 6.45) is 0. The SMILES string of the molecule is Cc1cccc(-n2nc(C(=O)O)c(Cl)c2C(C)C)c1. The fourth-order valence-electron chi connectivity index (χ4n) is 2.00. The Hall–Kier alpha value is -1.81. The molecule has 19 heavy (non-hydrogen) atoms. The van der Waals surface area contributed by atoms with Gasteiger partial charge in [-0.05, 0) is 30.5 Å². The van der Waals surface area contributed by atoms with E-state index in [1.165, 1.54) is 0 Å². The maximum atomic E-state index is 11.1. The number of carbonyl (C=O) groups is 1. The van der Waals surface area contributed by atoms with Gasteiger partial charge in [-0.2, -0.15) is 5.10 Å². The van der Waals surface area contributed by atoms with Crippen LogP contribution in [0.15, 0.2) is 24.3 Å². The van der Waals surface area contributed by atoms with Crippen molar-refractivity contribution in [2.24, 2.45) is 0 Å². The first-order valence-electron chi connectivity index (χ1n) is 6.00. The standard InChI is InChI=1S/C14H15ClN2O2/c1-8(2)13-11(15)12(14(18)19)16-17(13)10-6-4-5-9(3)7-10/h4-8H,1-3H3,(H,18,19). The predicted molar refractivity (Wildman–Crippen MR) is 74.4 cm³/mol. The molecule has 0 fully saturated rings. The quantitative estimate of drug-likeness (QED) is 0.932. The minimum atomic E-state index is -1.11. The predicted octanol–water partition coefficient (Wildman–Crippen LogP) is 3.66. The van der Waals surface area contributed by atoms with Gasteiger partial charge >= 0.3 is 5.97 Å². The van der Waals surface area contributed by atoms with Gasteiger partial charge in [0.2, 0.25) is 0 Å². The van der Waals surface area contributed by atoms with Crippen LogP contribution in [0.4, 0.5) is 0 Å². The molecule has 0 spiro atoms. The van der Waals surface area contributed by atoms with Crippen LogP contribution in [0.25, 0.3) is 5.69 Å². The van der Waals surface area contributed by atoms with Gasteiger partial charge in [0.1, 0.15) is 0 Å². The zero-order chi connectivity index (χ0) is 14.2. The molecule has 100 valence electrons. The molecule has 0 saturated heterocycles. The summed E-state index contributed by atoms with van der Waals surface area (Å²) in [7, 11) is 0. The van der Waals surface area contributed by atoms with Crippen molar-refractivity contribution in [1.82, 2.24) is 9.78 Å². The first-order valence-corrected chi connectivity index (χ1v) is 6.38. The average Bonchev–Trinajstić information content (AvgIpc) is 2.67. The van der Waals surface area contributed by atoms with E-state index in [1.54, 1.807) is 4.68 Å². The van der Waals surface area contributed by atoms with Crippen LogP contribution in [0.2, 0.25) is 5.02 Å². The maximum Gasteiger partial charge on any atom is 0.358 e. The van der Waals surface area contributed by atoms with Crippen molar-refractivity contribution in [2.75, 3.05) is 0 Å². The van der Waals surface area contributed by atoms with E-state index < -0.39 is 5.97 Å². The number of hydrogen-bond acceptors (Lipinski definition) is 2. The first-order chi connectivity index (χ1) is 8.91. The summed E-state index contributed by atoms with van der Waals surface area (Å²) in [5.41, 5.74) is 2.50. The summed E-state index contributed by atoms with van der Waals surface area (Å²) >= 11 is 6.14. The molecule has 4 nitrogen and oxygen atoms in total. The number of carboxylic acid groups (broad SMARTS) is 1. The summed E-state index contributed by atoms with van der Waals surface area (Å²) in [4.78, 5) is 11.1. The fourth-order valence-corrected chi connectivity index (χ4v) is 2.42. The van der Waals surface area contributed by atoms with E-state index in [0.717, 1.165) is 11.3 Å². The summed E-state index contributed by atoms with van der Waals surface area (Å²) in [5.74, 6) is -1.04. The second-order valence-corrected chi connectivity index (χ2v) is 5.14. The average molecular weight is 279 g/mol. The van der Waals surface area contributed by atoms with E-state index >= 15 is 0 Å². The smallest absolute Gasteiger partial charge is 0.358 e. The van der Waals surface area contributed by atoms with Crippen LogP contribution in [-0.4, -0.2) is 20.9 Å². The van der Waals surface area contributed by atoms with Gasteiger partial charge in [0.15, 0.2) is 5.69 Å². The molecule has 0 aliphatic heterocycles. The van der Waals surface area contributed by atoms with Crippen molar-refractivity contribution >= 4 is 17.6 Å². The van der Waals surface area contributed by atoms with E-state index in [9.17, 15) is 4.79 Å². The number of hydrogen-bond donors (Lipinski definition) is 1. The van der Waals surface area contributed by atoms with Crippen LogP contribution in [0.5, 0.6) is 0 Å². The molecule has 0 aliphatic rings. The molecule has 1 N–H and O–H groups in total. The number of nitrogens with zero attached hydrogens (tertiary/aromatic N) is 2.